The maximum Gasteiger partial charge on any atom is 0.449 e. The Bertz CT molecular complexity index is 4380. The molecular weight excluding hydrogens is 1260 g/mol. The van der Waals surface area contributed by atoms with Crippen LogP contribution >= 0.6 is 11.6 Å². The van der Waals surface area contributed by atoms with Gasteiger partial charge in [0.05, 0.1) is 39.8 Å². The third-order valence-electron chi connectivity index (χ3n) is 15.0. The van der Waals surface area contributed by atoms with Gasteiger partial charge in [-0.25, -0.2) is 29.6 Å². The van der Waals surface area contributed by atoms with Gasteiger partial charge in [0.25, 0.3) is 0 Å². The topological polar surface area (TPSA) is 230 Å². The number of aliphatic hydroxyl groups excluding tert-OH is 1. The summed E-state index contributed by atoms with van der Waals surface area (Å²) < 4.78 is 199. The zero-order chi connectivity index (χ0) is 65.7. The van der Waals surface area contributed by atoms with Crippen molar-refractivity contribution in [1.29, 1.82) is 0 Å². The molecule has 0 radical (unpaired) electrons. The van der Waals surface area contributed by atoms with Crippen LogP contribution in [0.2, 0.25) is 5.02 Å². The second-order valence-corrected chi connectivity index (χ2v) is 28.1. The number of hydrogen-bond acceptors (Lipinski definition) is 11. The van der Waals surface area contributed by atoms with Crippen LogP contribution in [-0.2, 0) is 96.4 Å². The predicted octanol–water partition coefficient (Wildman–Crippen LogP) is 13.6. The number of carbonyl (C=O) groups is 2. The third kappa shape index (κ3) is 14.5. The van der Waals surface area contributed by atoms with Gasteiger partial charge in [0.2, 0.25) is 31.6 Å². The smallest absolute Gasteiger partial charge is 0.449 e. The van der Waals surface area contributed by atoms with Crippen LogP contribution in [0.4, 0.5) is 30.7 Å². The standard InChI is InChI=1S/C63H58ClF7N2O13S3/c1-35-19-37(3)57(38(4)20-35)88(81,82)72(29-41-11-13-42(14-12-41)46-26-53(65)51(33-74)54(27-46)87(79,80)34-56(75)76)32-50-24-47(59(86-50)63(69,70)71)28-61(7,60(77)78)48-10-8-9-43(23-48)44-15-16-45(52(64)25-44)30-73(31-49-17-18-55(85-49)62(66,67)68)89(83,84)58-39(5)21-36(2)22-40(58)6/h8-27,74H,28-34H2,1-7H3,(H,75,76)(H,77,78). The molecule has 0 aliphatic rings. The number of aliphatic carboxylic acids is 2. The van der Waals surface area contributed by atoms with E-state index in [1.807, 2.05) is 0 Å². The van der Waals surface area contributed by atoms with Gasteiger partial charge in [0.15, 0.2) is 15.6 Å². The van der Waals surface area contributed by atoms with Crippen LogP contribution in [-0.4, -0.2) is 66.9 Å². The molecule has 0 saturated heterocycles. The maximum atomic E-state index is 15.3. The number of sulfone groups is 1. The van der Waals surface area contributed by atoms with Gasteiger partial charge in [0, 0.05) is 29.2 Å². The molecule has 0 saturated carbocycles. The highest BCUT2D eigenvalue weighted by Crippen LogP contribution is 2.42. The highest BCUT2D eigenvalue weighted by atomic mass is 35.5. The molecule has 2 heterocycles. The Morgan fingerprint density at radius 3 is 1.62 bits per heavy atom. The quantitative estimate of drug-likeness (QED) is 0.0537. The number of halogens is 8. The Kier molecular flexibility index (Phi) is 19.1. The summed E-state index contributed by atoms with van der Waals surface area (Å²) in [5.41, 5.74) is 0.536. The Hall–Kier alpha value is -7.65. The van der Waals surface area contributed by atoms with Crippen LogP contribution in [0.1, 0.15) is 91.2 Å². The number of carboxylic acids is 2. The minimum Gasteiger partial charge on any atom is -0.481 e. The molecule has 8 aromatic rings. The Balaban J connectivity index is 1.12. The van der Waals surface area contributed by atoms with Crippen molar-refractivity contribution in [3.8, 4) is 22.3 Å². The number of rotatable bonds is 22. The number of sulfonamides is 2. The summed E-state index contributed by atoms with van der Waals surface area (Å²) in [5.74, 6) is -9.67. The van der Waals surface area contributed by atoms with Gasteiger partial charge in [-0.05, 0) is 152 Å². The summed E-state index contributed by atoms with van der Waals surface area (Å²) in [5, 5.41) is 29.9. The molecule has 6 aromatic carbocycles. The molecule has 0 amide bonds. The monoisotopic (exact) mass is 1310 g/mol. The van der Waals surface area contributed by atoms with Crippen molar-refractivity contribution < 1.29 is 89.7 Å². The van der Waals surface area contributed by atoms with Gasteiger partial charge in [-0.3, -0.25) is 9.59 Å². The van der Waals surface area contributed by atoms with Gasteiger partial charge in [-0.1, -0.05) is 108 Å². The third-order valence-corrected chi connectivity index (χ3v) is 21.2. The highest BCUT2D eigenvalue weighted by Gasteiger charge is 2.44. The molecule has 3 N–H and O–H groups in total. The first-order chi connectivity index (χ1) is 41.3. The first kappa shape index (κ1) is 67.3. The lowest BCUT2D eigenvalue weighted by atomic mass is 9.76. The van der Waals surface area contributed by atoms with Crippen molar-refractivity contribution in [1.82, 2.24) is 8.61 Å². The number of hydrogen-bond donors (Lipinski definition) is 3. The molecule has 26 heteroatoms. The van der Waals surface area contributed by atoms with E-state index in [0.29, 0.717) is 45.0 Å². The molecule has 0 fully saturated rings. The van der Waals surface area contributed by atoms with E-state index in [1.165, 1.54) is 81.4 Å². The van der Waals surface area contributed by atoms with Crippen molar-refractivity contribution in [2.24, 2.45) is 0 Å². The van der Waals surface area contributed by atoms with Crippen LogP contribution in [0.25, 0.3) is 22.3 Å². The maximum absolute atomic E-state index is 15.3. The van der Waals surface area contributed by atoms with Crippen LogP contribution in [0, 0.1) is 47.4 Å². The fourth-order valence-corrected chi connectivity index (χ4v) is 16.1. The summed E-state index contributed by atoms with van der Waals surface area (Å²) in [7, 11) is -13.8. The fourth-order valence-electron chi connectivity index (χ4n) is 11.0. The molecule has 2 aromatic heterocycles. The first-order valence-corrected chi connectivity index (χ1v) is 31.9. The Morgan fingerprint density at radius 1 is 0.573 bits per heavy atom. The summed E-state index contributed by atoms with van der Waals surface area (Å²) in [6.45, 7) is 7.38. The fraction of sp³-hybridized carbons (Fsp3) is 0.270. The van der Waals surface area contributed by atoms with Gasteiger partial charge in [-0.15, -0.1) is 0 Å². The molecule has 89 heavy (non-hydrogen) atoms. The SMILES string of the molecule is Cc1cc(C)c(S(=O)(=O)N(Cc2ccc(-c3cc(F)c(CO)c(S(=O)(=O)CC(=O)O)c3)cc2)Cc2cc(CC(C)(C(=O)O)c3cccc(-c4ccc(CN(Cc5ccc(C(F)(F)F)o5)S(=O)(=O)c5c(C)cc(C)cc5C)c(Cl)c4)c3)c(C(F)(F)F)o2)c(C)c1. The first-order valence-electron chi connectivity index (χ1n) is 26.9. The molecule has 0 aliphatic carbocycles. The number of nitrogens with zero attached hydrogens (tertiary/aromatic N) is 2. The lowest BCUT2D eigenvalue weighted by Gasteiger charge is -2.26. The van der Waals surface area contributed by atoms with Gasteiger partial charge >= 0.3 is 24.3 Å². The summed E-state index contributed by atoms with van der Waals surface area (Å²) >= 11 is 6.86. The minimum atomic E-state index is -5.25. The van der Waals surface area contributed by atoms with Crippen molar-refractivity contribution in [3.05, 3.63) is 216 Å². The lowest BCUT2D eigenvalue weighted by molar-refractivity contribution is -0.155. The van der Waals surface area contributed by atoms with Gasteiger partial charge in [0.1, 0.15) is 17.3 Å². The largest absolute Gasteiger partial charge is 0.481 e. The van der Waals surface area contributed by atoms with E-state index in [4.69, 9.17) is 20.4 Å². The average molecular weight is 1320 g/mol. The van der Waals surface area contributed by atoms with E-state index in [1.54, 1.807) is 58.0 Å². The zero-order valence-electron chi connectivity index (χ0n) is 48.6. The van der Waals surface area contributed by atoms with Crippen LogP contribution < -0.4 is 0 Å². The molecule has 0 aliphatic heterocycles. The number of aryl methyl sites for hydroxylation is 6. The number of furan rings is 2. The number of aliphatic hydroxyl groups is 1. The molecule has 1 atom stereocenters. The van der Waals surface area contributed by atoms with Crippen molar-refractivity contribution in [2.45, 2.75) is 120 Å². The molecule has 472 valence electrons. The van der Waals surface area contributed by atoms with E-state index < -0.39 is 144 Å². The van der Waals surface area contributed by atoms with Crippen molar-refractivity contribution >= 4 is 53.4 Å². The lowest BCUT2D eigenvalue weighted by Crippen LogP contribution is -2.35. The number of alkyl halides is 6. The van der Waals surface area contributed by atoms with Crippen LogP contribution in [0.15, 0.2) is 145 Å². The van der Waals surface area contributed by atoms with Gasteiger partial charge < -0.3 is 24.2 Å². The van der Waals surface area contributed by atoms with E-state index in [2.05, 4.69) is 0 Å². The average Bonchev–Trinajstić information content (AvgIpc) is 2.31. The Labute approximate surface area is 513 Å². The van der Waals surface area contributed by atoms with Gasteiger partial charge in [-0.2, -0.15) is 35.0 Å². The predicted molar refractivity (Wildman–Crippen MR) is 315 cm³/mol. The van der Waals surface area contributed by atoms with Crippen LogP contribution in [0.5, 0.6) is 0 Å². The summed E-state index contributed by atoms with van der Waals surface area (Å²) in [6.07, 6.45) is -11.0. The normalized spacial score (nSPS) is 13.3. The van der Waals surface area contributed by atoms with E-state index in [-0.39, 0.29) is 48.4 Å². The van der Waals surface area contributed by atoms with E-state index >= 15 is 17.6 Å². The van der Waals surface area contributed by atoms with Crippen molar-refractivity contribution in [3.63, 3.8) is 0 Å². The summed E-state index contributed by atoms with van der Waals surface area (Å²) in [6, 6.07) is 26.8. The Morgan fingerprint density at radius 2 is 1.11 bits per heavy atom. The highest BCUT2D eigenvalue weighted by molar-refractivity contribution is 7.92. The minimum absolute atomic E-state index is 0.000450. The summed E-state index contributed by atoms with van der Waals surface area (Å²) in [4.78, 5) is 23.8. The molecule has 0 spiro atoms. The molecular formula is C63H58ClF7N2O13S3. The second-order valence-electron chi connectivity index (χ2n) is 22.0. The van der Waals surface area contributed by atoms with E-state index in [9.17, 15) is 63.3 Å². The molecule has 8 rings (SSSR count). The molecule has 15 nitrogen and oxygen atoms in total. The van der Waals surface area contributed by atoms with Crippen molar-refractivity contribution in [2.75, 3.05) is 5.75 Å². The number of benzene rings is 6. The van der Waals surface area contributed by atoms with Crippen LogP contribution in [0.3, 0.4) is 0 Å². The number of carboxylic acid groups (broad SMARTS) is 2. The molecule has 1 unspecified atom stereocenters. The second kappa shape index (κ2) is 25.3. The van der Waals surface area contributed by atoms with E-state index in [0.717, 1.165) is 38.4 Å². The zero-order valence-corrected chi connectivity index (χ0v) is 51.8. The molecule has 0 bridgehead atoms.